The number of nitrogens with zero attached hydrogens (tertiary/aromatic N) is 3. The lowest BCUT2D eigenvalue weighted by molar-refractivity contribution is 0.171. The van der Waals surface area contributed by atoms with Gasteiger partial charge in [0.1, 0.15) is 0 Å². The number of rotatable bonds is 3. The molecule has 0 atom stereocenters. The van der Waals surface area contributed by atoms with Gasteiger partial charge >= 0.3 is 6.03 Å². The van der Waals surface area contributed by atoms with Gasteiger partial charge in [-0.25, -0.2) is 4.79 Å². The van der Waals surface area contributed by atoms with Gasteiger partial charge < -0.3 is 20.7 Å². The standard InChI is InChI=1S/C14H20N4O2/c1-17(14(19)18-7-2-3-8-18)10-11-5-4-6-12(9-11)13(15)16-20/h4-6,9,20H,2-3,7-8,10H2,1H3,(H2,15,16). The summed E-state index contributed by atoms with van der Waals surface area (Å²) < 4.78 is 0. The van der Waals surface area contributed by atoms with Gasteiger partial charge in [-0.2, -0.15) is 0 Å². The van der Waals surface area contributed by atoms with Crippen LogP contribution >= 0.6 is 0 Å². The van der Waals surface area contributed by atoms with E-state index in [0.29, 0.717) is 12.1 Å². The molecule has 0 spiro atoms. The molecule has 0 aliphatic carbocycles. The van der Waals surface area contributed by atoms with E-state index in [9.17, 15) is 4.79 Å². The molecule has 2 amide bonds. The summed E-state index contributed by atoms with van der Waals surface area (Å²) in [5, 5.41) is 11.7. The van der Waals surface area contributed by atoms with Gasteiger partial charge in [0.05, 0.1) is 0 Å². The van der Waals surface area contributed by atoms with Crippen molar-refractivity contribution in [2.24, 2.45) is 10.9 Å². The molecular formula is C14H20N4O2. The fraction of sp³-hybridized carbons (Fsp3) is 0.429. The molecule has 3 N–H and O–H groups in total. The van der Waals surface area contributed by atoms with E-state index in [1.54, 1.807) is 18.0 Å². The zero-order chi connectivity index (χ0) is 14.5. The number of oxime groups is 1. The lowest BCUT2D eigenvalue weighted by Gasteiger charge is -2.24. The van der Waals surface area contributed by atoms with Crippen molar-refractivity contribution in [2.75, 3.05) is 20.1 Å². The highest BCUT2D eigenvalue weighted by Crippen LogP contribution is 2.13. The summed E-state index contributed by atoms with van der Waals surface area (Å²) in [5.74, 6) is 0.0698. The largest absolute Gasteiger partial charge is 0.409 e. The summed E-state index contributed by atoms with van der Waals surface area (Å²) in [5.41, 5.74) is 7.16. The molecule has 0 radical (unpaired) electrons. The molecule has 1 aliphatic heterocycles. The number of hydrogen-bond acceptors (Lipinski definition) is 3. The van der Waals surface area contributed by atoms with E-state index in [1.807, 2.05) is 23.1 Å². The minimum atomic E-state index is 0.0525. The maximum absolute atomic E-state index is 12.2. The smallest absolute Gasteiger partial charge is 0.320 e. The second-order valence-corrected chi connectivity index (χ2v) is 5.02. The molecule has 0 bridgehead atoms. The van der Waals surface area contributed by atoms with Crippen LogP contribution in [0.15, 0.2) is 29.4 Å². The molecule has 108 valence electrons. The SMILES string of the molecule is CN(Cc1cccc(C(N)=NO)c1)C(=O)N1CCCC1. The first kappa shape index (κ1) is 14.2. The molecule has 6 nitrogen and oxygen atoms in total. The molecule has 6 heteroatoms. The van der Waals surface area contributed by atoms with Crippen molar-refractivity contribution < 1.29 is 10.0 Å². The van der Waals surface area contributed by atoms with Gasteiger partial charge in [0.15, 0.2) is 5.84 Å². The zero-order valence-electron chi connectivity index (χ0n) is 11.6. The Labute approximate surface area is 118 Å². The van der Waals surface area contributed by atoms with Crippen LogP contribution in [-0.2, 0) is 6.54 Å². The highest BCUT2D eigenvalue weighted by Gasteiger charge is 2.21. The molecule has 1 saturated heterocycles. The Morgan fingerprint density at radius 1 is 1.45 bits per heavy atom. The van der Waals surface area contributed by atoms with Crippen LogP contribution in [0.3, 0.4) is 0 Å². The molecule has 0 unspecified atom stereocenters. The fourth-order valence-electron chi connectivity index (χ4n) is 2.38. The number of likely N-dealkylation sites (tertiary alicyclic amines) is 1. The summed E-state index contributed by atoms with van der Waals surface area (Å²) in [6, 6.07) is 7.39. The Morgan fingerprint density at radius 2 is 2.15 bits per heavy atom. The van der Waals surface area contributed by atoms with Gasteiger partial charge in [0, 0.05) is 32.2 Å². The van der Waals surface area contributed by atoms with Gasteiger partial charge in [0.25, 0.3) is 0 Å². The van der Waals surface area contributed by atoms with Crippen LogP contribution in [0, 0.1) is 0 Å². The van der Waals surface area contributed by atoms with Crippen LogP contribution in [0.4, 0.5) is 4.79 Å². The molecular weight excluding hydrogens is 256 g/mol. The summed E-state index contributed by atoms with van der Waals surface area (Å²) in [6.07, 6.45) is 2.16. The van der Waals surface area contributed by atoms with Crippen molar-refractivity contribution in [3.05, 3.63) is 35.4 Å². The summed E-state index contributed by atoms with van der Waals surface area (Å²) in [4.78, 5) is 15.7. The first-order valence-electron chi connectivity index (χ1n) is 6.68. The Kier molecular flexibility index (Phi) is 4.45. The third-order valence-corrected chi connectivity index (χ3v) is 3.45. The van der Waals surface area contributed by atoms with Crippen LogP contribution in [0.2, 0.25) is 0 Å². The van der Waals surface area contributed by atoms with Crippen molar-refractivity contribution in [1.29, 1.82) is 0 Å². The van der Waals surface area contributed by atoms with Gasteiger partial charge in [0.2, 0.25) is 0 Å². The van der Waals surface area contributed by atoms with Crippen LogP contribution in [0.25, 0.3) is 0 Å². The molecule has 1 aromatic rings. The number of nitrogens with two attached hydrogens (primary N) is 1. The van der Waals surface area contributed by atoms with Crippen molar-refractivity contribution >= 4 is 11.9 Å². The molecule has 1 fully saturated rings. The van der Waals surface area contributed by atoms with E-state index < -0.39 is 0 Å². The predicted molar refractivity (Wildman–Crippen MR) is 76.6 cm³/mol. The molecule has 1 aliphatic rings. The number of carbonyl (C=O) groups excluding carboxylic acids is 1. The minimum absolute atomic E-state index is 0.0525. The topological polar surface area (TPSA) is 82.2 Å². The van der Waals surface area contributed by atoms with Gasteiger partial charge in [-0.15, -0.1) is 0 Å². The number of hydrogen-bond donors (Lipinski definition) is 2. The van der Waals surface area contributed by atoms with E-state index >= 15 is 0 Å². The second kappa shape index (κ2) is 6.27. The highest BCUT2D eigenvalue weighted by molar-refractivity contribution is 5.97. The molecule has 2 rings (SSSR count). The lowest BCUT2D eigenvalue weighted by atomic mass is 10.1. The maximum Gasteiger partial charge on any atom is 0.320 e. The Balaban J connectivity index is 2.03. The number of amides is 2. The van der Waals surface area contributed by atoms with Gasteiger partial charge in [-0.1, -0.05) is 23.4 Å². The quantitative estimate of drug-likeness (QED) is 0.379. The van der Waals surface area contributed by atoms with Crippen molar-refractivity contribution in [3.8, 4) is 0 Å². The maximum atomic E-state index is 12.2. The zero-order valence-corrected chi connectivity index (χ0v) is 11.6. The van der Waals surface area contributed by atoms with Crippen molar-refractivity contribution in [1.82, 2.24) is 9.80 Å². The fourth-order valence-corrected chi connectivity index (χ4v) is 2.38. The molecule has 20 heavy (non-hydrogen) atoms. The monoisotopic (exact) mass is 276 g/mol. The number of urea groups is 1. The van der Waals surface area contributed by atoms with Crippen molar-refractivity contribution in [2.45, 2.75) is 19.4 Å². The first-order valence-corrected chi connectivity index (χ1v) is 6.68. The average molecular weight is 276 g/mol. The van der Waals surface area contributed by atoms with Crippen molar-refractivity contribution in [3.63, 3.8) is 0 Å². The van der Waals surface area contributed by atoms with E-state index in [4.69, 9.17) is 10.9 Å². The number of benzene rings is 1. The van der Waals surface area contributed by atoms with E-state index in [-0.39, 0.29) is 11.9 Å². The summed E-state index contributed by atoms with van der Waals surface area (Å²) in [6.45, 7) is 2.18. The highest BCUT2D eigenvalue weighted by atomic mass is 16.4. The second-order valence-electron chi connectivity index (χ2n) is 5.02. The minimum Gasteiger partial charge on any atom is -0.409 e. The van der Waals surface area contributed by atoms with Crippen LogP contribution in [-0.4, -0.2) is 47.0 Å². The van der Waals surface area contributed by atoms with Gasteiger partial charge in [-0.3, -0.25) is 0 Å². The Morgan fingerprint density at radius 3 is 2.80 bits per heavy atom. The number of amidine groups is 1. The Hall–Kier alpha value is -2.24. The normalized spacial score (nSPS) is 15.4. The van der Waals surface area contributed by atoms with E-state index in [0.717, 1.165) is 31.5 Å². The summed E-state index contributed by atoms with van der Waals surface area (Å²) in [7, 11) is 1.79. The van der Waals surface area contributed by atoms with E-state index in [2.05, 4.69) is 5.16 Å². The Bertz CT molecular complexity index is 510. The lowest BCUT2D eigenvalue weighted by Crippen LogP contribution is -2.38. The third-order valence-electron chi connectivity index (χ3n) is 3.45. The van der Waals surface area contributed by atoms with Crippen LogP contribution in [0.5, 0.6) is 0 Å². The van der Waals surface area contributed by atoms with Crippen LogP contribution < -0.4 is 5.73 Å². The predicted octanol–water partition coefficient (Wildman–Crippen LogP) is 1.43. The third kappa shape index (κ3) is 3.20. The number of carbonyl (C=O) groups is 1. The van der Waals surface area contributed by atoms with E-state index in [1.165, 1.54) is 0 Å². The molecule has 1 heterocycles. The van der Waals surface area contributed by atoms with Crippen LogP contribution in [0.1, 0.15) is 24.0 Å². The van der Waals surface area contributed by atoms with Gasteiger partial charge in [-0.05, 0) is 24.5 Å². The average Bonchev–Trinajstić information content (AvgIpc) is 3.00. The molecule has 0 saturated carbocycles. The first-order chi connectivity index (χ1) is 9.61. The molecule has 0 aromatic heterocycles. The summed E-state index contributed by atoms with van der Waals surface area (Å²) >= 11 is 0. The molecule has 1 aromatic carbocycles.